The molecule has 0 bridgehead atoms. The van der Waals surface area contributed by atoms with E-state index in [2.05, 4.69) is 5.10 Å². The van der Waals surface area contributed by atoms with Crippen LogP contribution in [0.4, 0.5) is 0 Å². The highest BCUT2D eigenvalue weighted by Gasteiger charge is 2.24. The number of nitrogens with zero attached hydrogens (tertiary/aromatic N) is 4. The Morgan fingerprint density at radius 3 is 2.64 bits per heavy atom. The molecule has 0 radical (unpaired) electrons. The first kappa shape index (κ1) is 17.6. The number of thiophene rings is 1. The lowest BCUT2D eigenvalue weighted by molar-refractivity contribution is 0.100. The van der Waals surface area contributed by atoms with Gasteiger partial charge in [0.15, 0.2) is 5.78 Å². The first-order valence-electron chi connectivity index (χ1n) is 9.27. The maximum Gasteiger partial charge on any atom is 0.269 e. The van der Waals surface area contributed by atoms with E-state index in [0.29, 0.717) is 21.9 Å². The van der Waals surface area contributed by atoms with Gasteiger partial charge in [-0.05, 0) is 55.5 Å². The van der Waals surface area contributed by atoms with Crippen molar-refractivity contribution in [2.45, 2.75) is 39.0 Å². The van der Waals surface area contributed by atoms with Crippen molar-refractivity contribution in [1.29, 1.82) is 0 Å². The molecule has 0 atom stereocenters. The van der Waals surface area contributed by atoms with E-state index in [0.717, 1.165) is 36.1 Å². The molecule has 1 aliphatic rings. The third-order valence-corrected chi connectivity index (χ3v) is 6.64. The van der Waals surface area contributed by atoms with Gasteiger partial charge >= 0.3 is 0 Å². The Morgan fingerprint density at radius 1 is 1.14 bits per heavy atom. The fourth-order valence-corrected chi connectivity index (χ4v) is 5.24. The zero-order valence-electron chi connectivity index (χ0n) is 15.2. The lowest BCUT2D eigenvalue weighted by atomic mass is 10.1. The average molecular weight is 413 g/mol. The number of fused-ring (bicyclic) bond motifs is 4. The van der Waals surface area contributed by atoms with Gasteiger partial charge in [-0.1, -0.05) is 18.0 Å². The fraction of sp³-hybridized carbons (Fsp3) is 0.300. The quantitative estimate of drug-likeness (QED) is 0.365. The molecule has 0 aliphatic heterocycles. The van der Waals surface area contributed by atoms with Crippen LogP contribution in [0.25, 0.3) is 21.7 Å². The van der Waals surface area contributed by atoms with Crippen molar-refractivity contribution in [3.8, 4) is 5.69 Å². The Morgan fingerprint density at radius 2 is 1.89 bits per heavy atom. The van der Waals surface area contributed by atoms with E-state index >= 15 is 0 Å². The molecule has 1 aromatic carbocycles. The summed E-state index contributed by atoms with van der Waals surface area (Å²) in [6.07, 6.45) is 5.26. The van der Waals surface area contributed by atoms with Crippen LogP contribution in [0.1, 0.15) is 47.2 Å². The van der Waals surface area contributed by atoms with Gasteiger partial charge in [0.25, 0.3) is 5.56 Å². The number of benzene rings is 1. The minimum atomic E-state index is -0.276. The highest BCUT2D eigenvalue weighted by Crippen LogP contribution is 2.33. The molecule has 0 unspecified atom stereocenters. The molecule has 28 heavy (non-hydrogen) atoms. The van der Waals surface area contributed by atoms with Crippen molar-refractivity contribution in [3.05, 3.63) is 55.9 Å². The van der Waals surface area contributed by atoms with E-state index in [1.165, 1.54) is 22.6 Å². The summed E-state index contributed by atoms with van der Waals surface area (Å²) < 4.78 is 2.90. The number of carbonyl (C=O) groups excluding carboxylic acids is 1. The van der Waals surface area contributed by atoms with Gasteiger partial charge in [-0.15, -0.1) is 16.4 Å². The number of hydrogen-bond donors (Lipinski definition) is 0. The molecule has 0 amide bonds. The van der Waals surface area contributed by atoms with Gasteiger partial charge in [0.2, 0.25) is 11.6 Å². The average Bonchev–Trinajstić information content (AvgIpc) is 3.14. The SMILES string of the molecule is CC(=O)c1nn(-c2ccc(Cl)cc2)c2nc3sc4c(c3c(=O)n12)CCCCC4. The zero-order valence-corrected chi connectivity index (χ0v) is 16.8. The molecule has 0 saturated carbocycles. The summed E-state index contributed by atoms with van der Waals surface area (Å²) in [4.78, 5) is 32.5. The van der Waals surface area contributed by atoms with Crippen LogP contribution in [0, 0.1) is 0 Å². The summed E-state index contributed by atoms with van der Waals surface area (Å²) in [5.41, 5.74) is 1.60. The molecule has 8 heteroatoms. The van der Waals surface area contributed by atoms with E-state index in [4.69, 9.17) is 16.6 Å². The van der Waals surface area contributed by atoms with Crippen LogP contribution in [0.2, 0.25) is 5.02 Å². The molecular formula is C20H17ClN4O2S. The Bertz CT molecular complexity index is 1300. The monoisotopic (exact) mass is 412 g/mol. The molecule has 3 heterocycles. The van der Waals surface area contributed by atoms with Gasteiger partial charge < -0.3 is 0 Å². The number of ketones is 1. The molecule has 1 aliphatic carbocycles. The van der Waals surface area contributed by atoms with Gasteiger partial charge in [-0.25, -0.2) is 9.38 Å². The van der Waals surface area contributed by atoms with E-state index in [1.807, 2.05) is 0 Å². The van der Waals surface area contributed by atoms with Crippen LogP contribution < -0.4 is 5.56 Å². The molecule has 0 N–H and O–H groups in total. The first-order chi connectivity index (χ1) is 13.5. The molecule has 6 nitrogen and oxygen atoms in total. The Balaban J connectivity index is 1.88. The topological polar surface area (TPSA) is 69.3 Å². The summed E-state index contributed by atoms with van der Waals surface area (Å²) in [5, 5.41) is 5.66. The van der Waals surface area contributed by atoms with Gasteiger partial charge in [-0.3, -0.25) is 9.59 Å². The number of Topliss-reactive ketones (excluding diaryl/α,β-unsaturated/α-hetero) is 1. The highest BCUT2D eigenvalue weighted by molar-refractivity contribution is 7.18. The normalized spacial score (nSPS) is 14.4. The summed E-state index contributed by atoms with van der Waals surface area (Å²) >= 11 is 7.59. The number of hydrogen-bond acceptors (Lipinski definition) is 5. The van der Waals surface area contributed by atoms with Crippen molar-refractivity contribution in [3.63, 3.8) is 0 Å². The molecular weight excluding hydrogens is 396 g/mol. The number of carbonyl (C=O) groups is 1. The third kappa shape index (κ3) is 2.61. The summed E-state index contributed by atoms with van der Waals surface area (Å²) in [5.74, 6) is 0.168. The minimum Gasteiger partial charge on any atom is -0.291 e. The van der Waals surface area contributed by atoms with E-state index in [1.54, 1.807) is 40.3 Å². The number of rotatable bonds is 2. The lowest BCUT2D eigenvalue weighted by Gasteiger charge is -2.03. The van der Waals surface area contributed by atoms with Crippen molar-refractivity contribution in [2.75, 3.05) is 0 Å². The van der Waals surface area contributed by atoms with Crippen molar-refractivity contribution >= 4 is 44.7 Å². The number of aryl methyl sites for hydroxylation is 2. The zero-order chi connectivity index (χ0) is 19.4. The molecule has 5 rings (SSSR count). The number of aromatic nitrogens is 4. The second-order valence-corrected chi connectivity index (χ2v) is 8.59. The fourth-order valence-electron chi connectivity index (χ4n) is 3.87. The highest BCUT2D eigenvalue weighted by atomic mass is 35.5. The summed E-state index contributed by atoms with van der Waals surface area (Å²) in [6, 6.07) is 7.07. The van der Waals surface area contributed by atoms with E-state index in [9.17, 15) is 9.59 Å². The first-order valence-corrected chi connectivity index (χ1v) is 10.5. The van der Waals surface area contributed by atoms with Crippen LogP contribution in [-0.4, -0.2) is 24.9 Å². The maximum atomic E-state index is 13.5. The molecule has 142 valence electrons. The van der Waals surface area contributed by atoms with Crippen molar-refractivity contribution in [2.24, 2.45) is 0 Å². The second kappa shape index (κ2) is 6.53. The predicted octanol–water partition coefficient (Wildman–Crippen LogP) is 4.22. The van der Waals surface area contributed by atoms with Crippen molar-refractivity contribution in [1.82, 2.24) is 19.2 Å². The Labute approximate surface area is 169 Å². The van der Waals surface area contributed by atoms with Gasteiger partial charge in [-0.2, -0.15) is 4.68 Å². The summed E-state index contributed by atoms with van der Waals surface area (Å²) in [6.45, 7) is 1.42. The molecule has 4 aromatic rings. The lowest BCUT2D eigenvalue weighted by Crippen LogP contribution is -2.19. The van der Waals surface area contributed by atoms with Crippen LogP contribution in [0.5, 0.6) is 0 Å². The van der Waals surface area contributed by atoms with Gasteiger partial charge in [0, 0.05) is 16.8 Å². The second-order valence-electron chi connectivity index (χ2n) is 7.06. The number of halogens is 1. The largest absolute Gasteiger partial charge is 0.291 e. The van der Waals surface area contributed by atoms with Crippen LogP contribution in [-0.2, 0) is 12.8 Å². The van der Waals surface area contributed by atoms with Crippen LogP contribution >= 0.6 is 22.9 Å². The van der Waals surface area contributed by atoms with Crippen LogP contribution in [0.15, 0.2) is 29.1 Å². The molecule has 0 fully saturated rings. The van der Waals surface area contributed by atoms with E-state index < -0.39 is 0 Å². The van der Waals surface area contributed by atoms with Gasteiger partial charge in [0.05, 0.1) is 11.1 Å². The smallest absolute Gasteiger partial charge is 0.269 e. The van der Waals surface area contributed by atoms with Crippen molar-refractivity contribution < 1.29 is 4.79 Å². The Kier molecular flexibility index (Phi) is 4.10. The molecule has 0 spiro atoms. The van der Waals surface area contributed by atoms with Crippen LogP contribution in [0.3, 0.4) is 0 Å². The predicted molar refractivity (Wildman–Crippen MR) is 110 cm³/mol. The molecule has 0 saturated heterocycles. The third-order valence-electron chi connectivity index (χ3n) is 5.20. The van der Waals surface area contributed by atoms with Gasteiger partial charge in [0.1, 0.15) is 4.83 Å². The van der Waals surface area contributed by atoms with E-state index in [-0.39, 0.29) is 17.2 Å². The summed E-state index contributed by atoms with van der Waals surface area (Å²) in [7, 11) is 0. The standard InChI is InChI=1S/C20H17ClN4O2S/c1-11(26)17-23-25(13-9-7-12(21)8-10-13)20-22-18-16(19(27)24(17)20)14-5-3-2-4-6-15(14)28-18/h7-10H,2-6H2,1H3. The molecule has 3 aromatic heterocycles. The Hall–Kier alpha value is -2.51. The minimum absolute atomic E-state index is 0.0953. The maximum absolute atomic E-state index is 13.5.